The number of hydrogen-bond donors (Lipinski definition) is 3. The van der Waals surface area contributed by atoms with Gasteiger partial charge < -0.3 is 20.7 Å². The Kier molecular flexibility index (Phi) is 11.4. The molecule has 1 fully saturated rings. The van der Waals surface area contributed by atoms with Crippen LogP contribution in [0.15, 0.2) is 29.3 Å². The van der Waals surface area contributed by atoms with Gasteiger partial charge in [-0.25, -0.2) is 4.99 Å². The molecule has 1 heterocycles. The normalized spacial score (nSPS) is 16.2. The van der Waals surface area contributed by atoms with Crippen molar-refractivity contribution in [1.29, 1.82) is 0 Å². The van der Waals surface area contributed by atoms with Gasteiger partial charge in [0.1, 0.15) is 0 Å². The minimum Gasteiger partial charge on any atom is -0.379 e. The van der Waals surface area contributed by atoms with E-state index in [0.29, 0.717) is 24.9 Å². The Morgan fingerprint density at radius 1 is 1.19 bits per heavy atom. The van der Waals surface area contributed by atoms with E-state index in [2.05, 4.69) is 41.6 Å². The van der Waals surface area contributed by atoms with E-state index < -0.39 is 0 Å². The van der Waals surface area contributed by atoms with Gasteiger partial charge >= 0.3 is 0 Å². The lowest BCUT2D eigenvalue weighted by atomic mass is 10.0. The molecule has 0 spiro atoms. The molecule has 174 valence electrons. The van der Waals surface area contributed by atoms with Crippen molar-refractivity contribution >= 4 is 17.6 Å². The second-order valence-corrected chi connectivity index (χ2v) is 8.51. The van der Waals surface area contributed by atoms with Crippen LogP contribution in [0.1, 0.15) is 52.5 Å². The van der Waals surface area contributed by atoms with Crippen LogP contribution in [0.3, 0.4) is 0 Å². The van der Waals surface area contributed by atoms with Gasteiger partial charge in [0, 0.05) is 44.3 Å². The molecule has 1 aliphatic rings. The maximum absolute atomic E-state index is 11.9. The van der Waals surface area contributed by atoms with E-state index in [0.717, 1.165) is 69.4 Å². The second-order valence-electron chi connectivity index (χ2n) is 8.51. The highest BCUT2D eigenvalue weighted by Gasteiger charge is 2.22. The highest BCUT2D eigenvalue weighted by Crippen LogP contribution is 2.14. The molecule has 0 aliphatic carbocycles. The molecular weight excluding hydrogens is 390 g/mol. The van der Waals surface area contributed by atoms with Crippen LogP contribution in [0.5, 0.6) is 0 Å². The van der Waals surface area contributed by atoms with Gasteiger partial charge in [0.15, 0.2) is 5.96 Å². The number of rotatable bonds is 11. The second kappa shape index (κ2) is 14.0. The zero-order valence-electron chi connectivity index (χ0n) is 19.7. The average molecular weight is 432 g/mol. The van der Waals surface area contributed by atoms with E-state index in [-0.39, 0.29) is 5.91 Å². The number of carbonyl (C=O) groups excluding carboxylic acids is 1. The van der Waals surface area contributed by atoms with Crippen molar-refractivity contribution in [3.05, 3.63) is 29.8 Å². The van der Waals surface area contributed by atoms with Gasteiger partial charge in [0.25, 0.3) is 0 Å². The number of nitrogens with one attached hydrogen (secondary N) is 3. The first-order valence-electron chi connectivity index (χ1n) is 11.7. The quantitative estimate of drug-likeness (QED) is 0.370. The first kappa shape index (κ1) is 25.1. The molecule has 1 saturated heterocycles. The predicted molar refractivity (Wildman–Crippen MR) is 128 cm³/mol. The summed E-state index contributed by atoms with van der Waals surface area (Å²) in [4.78, 5) is 19.2. The molecule has 1 unspecified atom stereocenters. The Bertz CT molecular complexity index is 686. The number of nitrogens with zero attached hydrogens (tertiary/aromatic N) is 2. The Labute approximate surface area is 188 Å². The molecule has 0 aromatic heterocycles. The zero-order chi connectivity index (χ0) is 22.5. The number of benzene rings is 1. The number of anilines is 1. The first-order chi connectivity index (χ1) is 15.0. The van der Waals surface area contributed by atoms with E-state index in [1.807, 2.05) is 31.2 Å². The Morgan fingerprint density at radius 2 is 1.97 bits per heavy atom. The van der Waals surface area contributed by atoms with Crippen LogP contribution in [-0.4, -0.2) is 62.2 Å². The standard InChI is InChI=1S/C24H41N5O2/c1-5-8-23(30)28-21-10-7-9-20(16-21)17-26-24(25-6-2)27-18-22(15-19(3)4)29-11-13-31-14-12-29/h7,9-10,16,19,22H,5-6,8,11-15,17-18H2,1-4H3,(H,28,30)(H2,25,26,27). The molecule has 7 heteroatoms. The summed E-state index contributed by atoms with van der Waals surface area (Å²) >= 11 is 0. The fraction of sp³-hybridized carbons (Fsp3) is 0.667. The number of guanidine groups is 1. The van der Waals surface area contributed by atoms with Crippen LogP contribution in [0, 0.1) is 5.92 Å². The topological polar surface area (TPSA) is 78.0 Å². The van der Waals surface area contributed by atoms with E-state index in [1.165, 1.54) is 0 Å². The minimum absolute atomic E-state index is 0.0532. The van der Waals surface area contributed by atoms with E-state index in [1.54, 1.807) is 0 Å². The number of hydrogen-bond acceptors (Lipinski definition) is 4. The van der Waals surface area contributed by atoms with Crippen molar-refractivity contribution in [2.75, 3.05) is 44.7 Å². The summed E-state index contributed by atoms with van der Waals surface area (Å²) in [6.45, 7) is 14.5. The van der Waals surface area contributed by atoms with Gasteiger partial charge in [-0.2, -0.15) is 0 Å². The fourth-order valence-corrected chi connectivity index (χ4v) is 3.77. The Hall–Kier alpha value is -2.12. The SMILES string of the molecule is CCCC(=O)Nc1cccc(CN=C(NCC)NCC(CC(C)C)N2CCOCC2)c1. The first-order valence-corrected chi connectivity index (χ1v) is 11.7. The van der Waals surface area contributed by atoms with Crippen molar-refractivity contribution in [1.82, 2.24) is 15.5 Å². The number of amides is 1. The van der Waals surface area contributed by atoms with Gasteiger partial charge in [-0.3, -0.25) is 9.69 Å². The van der Waals surface area contributed by atoms with Crippen LogP contribution >= 0.6 is 0 Å². The van der Waals surface area contributed by atoms with Crippen LogP contribution in [0.25, 0.3) is 0 Å². The zero-order valence-corrected chi connectivity index (χ0v) is 19.7. The lowest BCUT2D eigenvalue weighted by Gasteiger charge is -2.35. The molecule has 1 atom stereocenters. The molecule has 0 radical (unpaired) electrons. The highest BCUT2D eigenvalue weighted by atomic mass is 16.5. The molecule has 1 aliphatic heterocycles. The molecule has 3 N–H and O–H groups in total. The molecular formula is C24H41N5O2. The van der Waals surface area contributed by atoms with Gasteiger partial charge in [0.05, 0.1) is 19.8 Å². The molecule has 31 heavy (non-hydrogen) atoms. The lowest BCUT2D eigenvalue weighted by Crippen LogP contribution is -2.51. The maximum atomic E-state index is 11.9. The van der Waals surface area contributed by atoms with Crippen molar-refractivity contribution in [3.63, 3.8) is 0 Å². The van der Waals surface area contributed by atoms with Gasteiger partial charge in [-0.15, -0.1) is 0 Å². The summed E-state index contributed by atoms with van der Waals surface area (Å²) < 4.78 is 5.53. The predicted octanol–water partition coefficient (Wildman–Crippen LogP) is 3.23. The molecule has 7 nitrogen and oxygen atoms in total. The van der Waals surface area contributed by atoms with Crippen LogP contribution in [0.2, 0.25) is 0 Å². The third-order valence-electron chi connectivity index (χ3n) is 5.26. The lowest BCUT2D eigenvalue weighted by molar-refractivity contribution is -0.116. The number of ether oxygens (including phenoxy) is 1. The highest BCUT2D eigenvalue weighted by molar-refractivity contribution is 5.90. The summed E-state index contributed by atoms with van der Waals surface area (Å²) in [6, 6.07) is 8.38. The summed E-state index contributed by atoms with van der Waals surface area (Å²) in [5.41, 5.74) is 1.90. The van der Waals surface area contributed by atoms with Crippen molar-refractivity contribution in [2.24, 2.45) is 10.9 Å². The molecule has 0 saturated carbocycles. The monoisotopic (exact) mass is 431 g/mol. The van der Waals surface area contributed by atoms with Gasteiger partial charge in [-0.1, -0.05) is 32.9 Å². The smallest absolute Gasteiger partial charge is 0.224 e. The number of morpholine rings is 1. The van der Waals surface area contributed by atoms with E-state index in [4.69, 9.17) is 9.73 Å². The van der Waals surface area contributed by atoms with Crippen LogP contribution in [0.4, 0.5) is 5.69 Å². The largest absolute Gasteiger partial charge is 0.379 e. The third kappa shape index (κ3) is 9.70. The molecule has 1 amide bonds. The van der Waals surface area contributed by atoms with Crippen molar-refractivity contribution in [3.8, 4) is 0 Å². The average Bonchev–Trinajstić information content (AvgIpc) is 2.75. The van der Waals surface area contributed by atoms with Crippen molar-refractivity contribution in [2.45, 2.75) is 59.5 Å². The minimum atomic E-state index is 0.0532. The van der Waals surface area contributed by atoms with Gasteiger partial charge in [-0.05, 0) is 43.4 Å². The van der Waals surface area contributed by atoms with Crippen LogP contribution < -0.4 is 16.0 Å². The molecule has 1 aromatic rings. The summed E-state index contributed by atoms with van der Waals surface area (Å²) in [5.74, 6) is 1.52. The van der Waals surface area contributed by atoms with Crippen molar-refractivity contribution < 1.29 is 9.53 Å². The fourth-order valence-electron chi connectivity index (χ4n) is 3.77. The maximum Gasteiger partial charge on any atom is 0.224 e. The molecule has 0 bridgehead atoms. The van der Waals surface area contributed by atoms with E-state index >= 15 is 0 Å². The summed E-state index contributed by atoms with van der Waals surface area (Å²) in [5, 5.41) is 9.85. The third-order valence-corrected chi connectivity index (χ3v) is 5.26. The Morgan fingerprint density at radius 3 is 2.65 bits per heavy atom. The van der Waals surface area contributed by atoms with Gasteiger partial charge in [0.2, 0.25) is 5.91 Å². The Balaban J connectivity index is 1.97. The molecule has 1 aromatic carbocycles. The summed E-state index contributed by atoms with van der Waals surface area (Å²) in [6.07, 6.45) is 2.53. The molecule has 2 rings (SSSR count). The van der Waals surface area contributed by atoms with Crippen LogP contribution in [-0.2, 0) is 16.1 Å². The van der Waals surface area contributed by atoms with E-state index in [9.17, 15) is 4.79 Å². The number of aliphatic imine (C=N–C) groups is 1. The number of carbonyl (C=O) groups is 1. The summed E-state index contributed by atoms with van der Waals surface area (Å²) in [7, 11) is 0.